The van der Waals surface area contributed by atoms with Crippen molar-refractivity contribution in [2.75, 3.05) is 0 Å². The summed E-state index contributed by atoms with van der Waals surface area (Å²) in [6.45, 7) is 4.35. The highest BCUT2D eigenvalue weighted by Crippen LogP contribution is 2.44. The van der Waals surface area contributed by atoms with Gasteiger partial charge < -0.3 is 0 Å². The number of rotatable bonds is 2. The summed E-state index contributed by atoms with van der Waals surface area (Å²) in [5.41, 5.74) is 2.68. The van der Waals surface area contributed by atoms with Crippen LogP contribution in [0.2, 0.25) is 0 Å². The summed E-state index contributed by atoms with van der Waals surface area (Å²) in [7, 11) is 0. The molecule has 0 unspecified atom stereocenters. The van der Waals surface area contributed by atoms with E-state index in [9.17, 15) is 0 Å². The van der Waals surface area contributed by atoms with Crippen LogP contribution < -0.4 is 0 Å². The van der Waals surface area contributed by atoms with Crippen LogP contribution in [0.5, 0.6) is 0 Å². The first-order chi connectivity index (χ1) is 17.6. The second-order valence-electron chi connectivity index (χ2n) is 9.58. The second-order valence-corrected chi connectivity index (χ2v) is 13.5. The van der Waals surface area contributed by atoms with Gasteiger partial charge in [-0.3, -0.25) is 0 Å². The molecule has 0 fully saturated rings. The minimum Gasteiger partial charge on any atom is -0.143 e. The van der Waals surface area contributed by atoms with Crippen molar-refractivity contribution in [1.82, 2.24) is 0 Å². The summed E-state index contributed by atoms with van der Waals surface area (Å²) >= 11 is 7.53. The predicted molar refractivity (Wildman–Crippen MR) is 166 cm³/mol. The molecule has 36 heavy (non-hydrogen) atoms. The van der Waals surface area contributed by atoms with Gasteiger partial charge in [-0.25, -0.2) is 0 Å². The zero-order chi connectivity index (χ0) is 24.0. The smallest absolute Gasteiger partial charge is 0.0455 e. The predicted octanol–water partition coefficient (Wildman–Crippen LogP) is 11.6. The van der Waals surface area contributed by atoms with Crippen molar-refractivity contribution in [2.45, 2.75) is 13.8 Å². The molecule has 0 aliphatic carbocycles. The van der Waals surface area contributed by atoms with Crippen LogP contribution in [-0.4, -0.2) is 0 Å². The van der Waals surface area contributed by atoms with Crippen molar-refractivity contribution >= 4 is 97.8 Å². The van der Waals surface area contributed by atoms with Gasteiger partial charge in [0.05, 0.1) is 0 Å². The average Bonchev–Trinajstić information content (AvgIpc) is 3.68. The zero-order valence-electron chi connectivity index (χ0n) is 19.7. The third kappa shape index (κ3) is 3.09. The van der Waals surface area contributed by atoms with Crippen LogP contribution in [0.3, 0.4) is 0 Å². The van der Waals surface area contributed by atoms with Gasteiger partial charge >= 0.3 is 0 Å². The first kappa shape index (κ1) is 21.1. The summed E-state index contributed by atoms with van der Waals surface area (Å²) in [5, 5.41) is 15.3. The fourth-order valence-electron chi connectivity index (χ4n) is 5.40. The molecule has 4 heterocycles. The van der Waals surface area contributed by atoms with E-state index in [1.54, 1.807) is 0 Å². The van der Waals surface area contributed by atoms with E-state index in [4.69, 9.17) is 0 Å². The first-order valence-electron chi connectivity index (χ1n) is 12.0. The van der Waals surface area contributed by atoms with Crippen molar-refractivity contribution in [3.63, 3.8) is 0 Å². The van der Waals surface area contributed by atoms with Gasteiger partial charge in [0.15, 0.2) is 0 Å². The Hall–Kier alpha value is -3.02. The first-order valence-corrected chi connectivity index (χ1v) is 15.4. The molecule has 8 rings (SSSR count). The molecular formula is C32H20S4. The van der Waals surface area contributed by atoms with Crippen molar-refractivity contribution < 1.29 is 0 Å². The fraction of sp³-hybridized carbons (Fsp3) is 0.0625. The van der Waals surface area contributed by atoms with Crippen LogP contribution in [0.15, 0.2) is 83.6 Å². The van der Waals surface area contributed by atoms with Crippen LogP contribution >= 0.6 is 45.3 Å². The Balaban J connectivity index is 1.35. The van der Waals surface area contributed by atoms with Gasteiger partial charge in [-0.1, -0.05) is 48.5 Å². The summed E-state index contributed by atoms with van der Waals surface area (Å²) in [6, 6.07) is 27.9. The number of fused-ring (bicyclic) bond motifs is 9. The van der Waals surface area contributed by atoms with Gasteiger partial charge in [0, 0.05) is 39.7 Å². The van der Waals surface area contributed by atoms with E-state index in [1.165, 1.54) is 83.1 Å². The Morgan fingerprint density at radius 2 is 0.806 bits per heavy atom. The average molecular weight is 533 g/mol. The van der Waals surface area contributed by atoms with E-state index in [2.05, 4.69) is 97.4 Å². The van der Waals surface area contributed by atoms with Crippen LogP contribution in [-0.2, 0) is 0 Å². The highest BCUT2D eigenvalue weighted by molar-refractivity contribution is 7.27. The van der Waals surface area contributed by atoms with Crippen molar-refractivity contribution in [3.05, 3.63) is 94.7 Å². The Bertz CT molecular complexity index is 1970. The Kier molecular flexibility index (Phi) is 4.54. The van der Waals surface area contributed by atoms with Crippen molar-refractivity contribution in [2.24, 2.45) is 0 Å². The molecule has 4 aromatic carbocycles. The summed E-state index contributed by atoms with van der Waals surface area (Å²) < 4.78 is 2.78. The summed E-state index contributed by atoms with van der Waals surface area (Å²) in [5.74, 6) is 0. The Morgan fingerprint density at radius 3 is 1.22 bits per heavy atom. The monoisotopic (exact) mass is 532 g/mol. The van der Waals surface area contributed by atoms with E-state index in [0.717, 1.165) is 0 Å². The van der Waals surface area contributed by atoms with Crippen LogP contribution in [0, 0.1) is 13.8 Å². The molecule has 0 spiro atoms. The zero-order valence-corrected chi connectivity index (χ0v) is 23.0. The van der Waals surface area contributed by atoms with Crippen LogP contribution in [0.25, 0.3) is 72.0 Å². The van der Waals surface area contributed by atoms with Gasteiger partial charge in [-0.05, 0) is 92.3 Å². The topological polar surface area (TPSA) is 0 Å². The molecule has 0 radical (unpaired) electrons. The highest BCUT2D eigenvalue weighted by atomic mass is 32.1. The van der Waals surface area contributed by atoms with E-state index in [0.29, 0.717) is 0 Å². The lowest BCUT2D eigenvalue weighted by Gasteiger charge is -2.09. The number of benzene rings is 4. The third-order valence-corrected chi connectivity index (χ3v) is 12.0. The lowest BCUT2D eigenvalue weighted by atomic mass is 9.96. The van der Waals surface area contributed by atoms with E-state index >= 15 is 0 Å². The van der Waals surface area contributed by atoms with Crippen molar-refractivity contribution in [3.8, 4) is 19.5 Å². The number of hydrogen-bond acceptors (Lipinski definition) is 4. The standard InChI is InChI=1S/C32H20S4/c1-17-11-27(33-15-17)29-13-19-3-5-23-21-8-10-26-24(22(21)7-9-25(23)31(19)35-29)6-4-20-14-30(36-32(20)26)28-12-18(2)16-34-28/h3-16H,1-2H3. The molecule has 0 nitrogen and oxygen atoms in total. The van der Waals surface area contributed by atoms with Crippen LogP contribution in [0.1, 0.15) is 11.1 Å². The molecular weight excluding hydrogens is 513 g/mol. The quantitative estimate of drug-likeness (QED) is 0.194. The molecule has 172 valence electrons. The maximum Gasteiger partial charge on any atom is 0.0455 e. The molecule has 0 atom stereocenters. The molecule has 0 N–H and O–H groups in total. The number of hydrogen-bond donors (Lipinski definition) is 0. The summed E-state index contributed by atoms with van der Waals surface area (Å²) in [6.07, 6.45) is 0. The molecule has 0 saturated heterocycles. The molecule has 8 aromatic rings. The normalized spacial score (nSPS) is 12.2. The van der Waals surface area contributed by atoms with Gasteiger partial charge in [0.25, 0.3) is 0 Å². The van der Waals surface area contributed by atoms with Gasteiger partial charge in [-0.2, -0.15) is 0 Å². The lowest BCUT2D eigenvalue weighted by Crippen LogP contribution is -1.81. The highest BCUT2D eigenvalue weighted by Gasteiger charge is 2.14. The maximum atomic E-state index is 2.36. The number of aryl methyl sites for hydroxylation is 2. The molecule has 4 heteroatoms. The Morgan fingerprint density at radius 1 is 0.417 bits per heavy atom. The van der Waals surface area contributed by atoms with Gasteiger partial charge in [-0.15, -0.1) is 45.3 Å². The molecule has 0 aliphatic rings. The van der Waals surface area contributed by atoms with Gasteiger partial charge in [0.2, 0.25) is 0 Å². The summed E-state index contributed by atoms with van der Waals surface area (Å²) in [4.78, 5) is 5.47. The van der Waals surface area contributed by atoms with Crippen LogP contribution in [0.4, 0.5) is 0 Å². The molecule has 0 saturated carbocycles. The SMILES string of the molecule is Cc1csc(-c2cc3ccc4c5ccc6c(ccc7cc(-c8cc(C)cs8)sc76)c5ccc4c3s2)c1. The Labute approximate surface area is 224 Å². The minimum atomic E-state index is 1.34. The number of thiophene rings is 4. The van der Waals surface area contributed by atoms with E-state index < -0.39 is 0 Å². The van der Waals surface area contributed by atoms with E-state index in [-0.39, 0.29) is 0 Å². The lowest BCUT2D eigenvalue weighted by molar-refractivity contribution is 1.56. The van der Waals surface area contributed by atoms with Crippen molar-refractivity contribution in [1.29, 1.82) is 0 Å². The maximum absolute atomic E-state index is 2.36. The minimum absolute atomic E-state index is 1.34. The third-order valence-electron chi connectivity index (χ3n) is 7.10. The second kappa shape index (κ2) is 7.74. The fourth-order valence-corrected chi connectivity index (χ4v) is 9.75. The van der Waals surface area contributed by atoms with E-state index in [1.807, 2.05) is 45.3 Å². The molecule has 0 amide bonds. The van der Waals surface area contributed by atoms with Gasteiger partial charge in [0.1, 0.15) is 0 Å². The largest absolute Gasteiger partial charge is 0.143 e. The molecule has 0 aliphatic heterocycles. The molecule has 4 aromatic heterocycles. The molecule has 0 bridgehead atoms.